The zero-order valence-electron chi connectivity index (χ0n) is 9.26. The molecule has 2 aliphatic rings. The molecular weight excluding hydrogens is 256 g/mol. The molecular formula is C12H19BrO2. The van der Waals surface area contributed by atoms with Crippen LogP contribution in [-0.4, -0.2) is 16.4 Å². The minimum absolute atomic E-state index is 0.0407. The van der Waals surface area contributed by atoms with Crippen molar-refractivity contribution in [1.29, 1.82) is 0 Å². The summed E-state index contributed by atoms with van der Waals surface area (Å²) >= 11 is 3.63. The first-order chi connectivity index (χ1) is 6.97. The van der Waals surface area contributed by atoms with E-state index >= 15 is 0 Å². The lowest BCUT2D eigenvalue weighted by atomic mass is 9.63. The first-order valence-corrected chi connectivity index (χ1v) is 6.87. The van der Waals surface area contributed by atoms with E-state index in [2.05, 4.69) is 22.9 Å². The van der Waals surface area contributed by atoms with Gasteiger partial charge in [-0.2, -0.15) is 0 Å². The second kappa shape index (κ2) is 3.76. The third-order valence-corrected chi connectivity index (χ3v) is 5.44. The summed E-state index contributed by atoms with van der Waals surface area (Å²) in [7, 11) is 0. The van der Waals surface area contributed by atoms with Crippen molar-refractivity contribution in [3.8, 4) is 0 Å². The molecule has 0 heterocycles. The Hall–Kier alpha value is -0.0500. The molecule has 0 aromatic rings. The molecule has 2 aliphatic carbocycles. The number of alkyl halides is 1. The summed E-state index contributed by atoms with van der Waals surface area (Å²) in [5.74, 6) is 0.143. The zero-order chi connectivity index (χ0) is 11.1. The molecule has 15 heavy (non-hydrogen) atoms. The highest BCUT2D eigenvalue weighted by Gasteiger charge is 2.50. The van der Waals surface area contributed by atoms with Gasteiger partial charge in [0.05, 0.1) is 6.42 Å². The highest BCUT2D eigenvalue weighted by Crippen LogP contribution is 2.59. The van der Waals surface area contributed by atoms with Crippen LogP contribution in [0.15, 0.2) is 0 Å². The molecule has 2 nitrogen and oxygen atoms in total. The number of halogens is 1. The molecule has 0 saturated heterocycles. The second-order valence-corrected chi connectivity index (χ2v) is 6.57. The standard InChI is InChI=1S/C12H19BrO2/c1-11(6-10(14)15)4-9-2-3-12(5-9,7-11)8-13/h9H,2-8H2,1H3,(H,14,15). The summed E-state index contributed by atoms with van der Waals surface area (Å²) in [5, 5.41) is 10.0. The SMILES string of the molecule is CC1(CC(=O)O)CC2CCC(CBr)(C2)C1. The minimum Gasteiger partial charge on any atom is -0.481 e. The fourth-order valence-electron chi connectivity index (χ4n) is 4.00. The molecule has 2 fully saturated rings. The largest absolute Gasteiger partial charge is 0.481 e. The van der Waals surface area contributed by atoms with Crippen molar-refractivity contribution < 1.29 is 9.90 Å². The molecule has 2 saturated carbocycles. The maximum Gasteiger partial charge on any atom is 0.303 e. The first-order valence-electron chi connectivity index (χ1n) is 5.75. The lowest BCUT2D eigenvalue weighted by molar-refractivity contribution is -0.140. The van der Waals surface area contributed by atoms with Crippen LogP contribution in [0.25, 0.3) is 0 Å². The average Bonchev–Trinajstić information content (AvgIpc) is 2.41. The third kappa shape index (κ3) is 2.22. The van der Waals surface area contributed by atoms with Gasteiger partial charge < -0.3 is 5.11 Å². The van der Waals surface area contributed by atoms with Crippen molar-refractivity contribution in [1.82, 2.24) is 0 Å². The molecule has 2 bridgehead atoms. The Labute approximate surface area is 99.6 Å². The van der Waals surface area contributed by atoms with E-state index in [1.165, 1.54) is 19.3 Å². The molecule has 0 radical (unpaired) electrons. The predicted molar refractivity (Wildman–Crippen MR) is 63.2 cm³/mol. The highest BCUT2D eigenvalue weighted by molar-refractivity contribution is 9.09. The van der Waals surface area contributed by atoms with Crippen LogP contribution < -0.4 is 0 Å². The predicted octanol–water partition coefficient (Wildman–Crippen LogP) is 3.44. The Morgan fingerprint density at radius 1 is 1.53 bits per heavy atom. The van der Waals surface area contributed by atoms with Gasteiger partial charge in [0.25, 0.3) is 0 Å². The van der Waals surface area contributed by atoms with Gasteiger partial charge in [0, 0.05) is 5.33 Å². The van der Waals surface area contributed by atoms with Crippen molar-refractivity contribution in [3.63, 3.8) is 0 Å². The summed E-state index contributed by atoms with van der Waals surface area (Å²) < 4.78 is 0. The third-order valence-electron chi connectivity index (χ3n) is 4.25. The first kappa shape index (κ1) is 11.4. The number of carboxylic acid groups (broad SMARTS) is 1. The number of carboxylic acids is 1. The minimum atomic E-state index is -0.636. The van der Waals surface area contributed by atoms with Gasteiger partial charge in [0.15, 0.2) is 0 Å². The van der Waals surface area contributed by atoms with Crippen LogP contribution in [-0.2, 0) is 4.79 Å². The van der Waals surface area contributed by atoms with Gasteiger partial charge in [0.1, 0.15) is 0 Å². The Bertz CT molecular complexity index is 279. The van der Waals surface area contributed by atoms with E-state index < -0.39 is 5.97 Å². The van der Waals surface area contributed by atoms with Crippen molar-refractivity contribution in [2.45, 2.75) is 45.4 Å². The van der Waals surface area contributed by atoms with Gasteiger partial charge in [-0.25, -0.2) is 0 Å². The maximum atomic E-state index is 10.9. The van der Waals surface area contributed by atoms with E-state index in [4.69, 9.17) is 5.11 Å². The topological polar surface area (TPSA) is 37.3 Å². The molecule has 0 amide bonds. The molecule has 0 aliphatic heterocycles. The monoisotopic (exact) mass is 274 g/mol. The highest BCUT2D eigenvalue weighted by atomic mass is 79.9. The lowest BCUT2D eigenvalue weighted by Gasteiger charge is -2.43. The molecule has 3 unspecified atom stereocenters. The van der Waals surface area contributed by atoms with Gasteiger partial charge in [-0.05, 0) is 48.9 Å². The lowest BCUT2D eigenvalue weighted by Crippen LogP contribution is -2.36. The Kier molecular flexibility index (Phi) is 2.87. The number of carbonyl (C=O) groups is 1. The summed E-state index contributed by atoms with van der Waals surface area (Å²) in [4.78, 5) is 10.9. The maximum absolute atomic E-state index is 10.9. The molecule has 1 N–H and O–H groups in total. The van der Waals surface area contributed by atoms with Crippen LogP contribution in [0.3, 0.4) is 0 Å². The van der Waals surface area contributed by atoms with E-state index in [9.17, 15) is 4.79 Å². The molecule has 86 valence electrons. The van der Waals surface area contributed by atoms with E-state index in [0.717, 1.165) is 24.1 Å². The fourth-order valence-corrected chi connectivity index (χ4v) is 4.71. The second-order valence-electron chi connectivity index (χ2n) is 6.00. The smallest absolute Gasteiger partial charge is 0.303 e. The number of hydrogen-bond donors (Lipinski definition) is 1. The van der Waals surface area contributed by atoms with Crippen molar-refractivity contribution in [3.05, 3.63) is 0 Å². The van der Waals surface area contributed by atoms with Gasteiger partial charge in [-0.1, -0.05) is 22.9 Å². The number of rotatable bonds is 3. The molecule has 2 rings (SSSR count). The molecule has 3 heteroatoms. The van der Waals surface area contributed by atoms with E-state index in [1.807, 2.05) is 0 Å². The number of fused-ring (bicyclic) bond motifs is 2. The molecule has 3 atom stereocenters. The number of hydrogen-bond acceptors (Lipinski definition) is 1. The van der Waals surface area contributed by atoms with Gasteiger partial charge in [-0.15, -0.1) is 0 Å². The van der Waals surface area contributed by atoms with E-state index in [1.54, 1.807) is 0 Å². The summed E-state index contributed by atoms with van der Waals surface area (Å²) in [6, 6.07) is 0. The van der Waals surface area contributed by atoms with Crippen LogP contribution in [0.2, 0.25) is 0 Å². The van der Waals surface area contributed by atoms with Crippen LogP contribution in [0.4, 0.5) is 0 Å². The summed E-state index contributed by atoms with van der Waals surface area (Å²) in [6.45, 7) is 2.16. The summed E-state index contributed by atoms with van der Waals surface area (Å²) in [6.07, 6.45) is 6.47. The molecule has 0 aromatic carbocycles. The van der Waals surface area contributed by atoms with Crippen molar-refractivity contribution in [2.75, 3.05) is 5.33 Å². The summed E-state index contributed by atoms with van der Waals surface area (Å²) in [5.41, 5.74) is 0.451. The van der Waals surface area contributed by atoms with Crippen LogP contribution >= 0.6 is 15.9 Å². The van der Waals surface area contributed by atoms with Gasteiger partial charge in [-0.3, -0.25) is 4.79 Å². The van der Waals surface area contributed by atoms with Crippen LogP contribution in [0.5, 0.6) is 0 Å². The van der Waals surface area contributed by atoms with E-state index in [-0.39, 0.29) is 5.41 Å². The number of aliphatic carboxylic acids is 1. The molecule has 0 spiro atoms. The fraction of sp³-hybridized carbons (Fsp3) is 0.917. The van der Waals surface area contributed by atoms with Crippen LogP contribution in [0.1, 0.15) is 45.4 Å². The van der Waals surface area contributed by atoms with Crippen molar-refractivity contribution >= 4 is 21.9 Å². The van der Waals surface area contributed by atoms with Crippen LogP contribution in [0, 0.1) is 16.7 Å². The van der Waals surface area contributed by atoms with Gasteiger partial charge >= 0.3 is 5.97 Å². The molecule has 0 aromatic heterocycles. The van der Waals surface area contributed by atoms with Gasteiger partial charge in [0.2, 0.25) is 0 Å². The Morgan fingerprint density at radius 2 is 2.27 bits per heavy atom. The normalized spacial score (nSPS) is 44.3. The zero-order valence-corrected chi connectivity index (χ0v) is 10.8. The Balaban J connectivity index is 2.14. The van der Waals surface area contributed by atoms with E-state index in [0.29, 0.717) is 11.8 Å². The average molecular weight is 275 g/mol. The van der Waals surface area contributed by atoms with Crippen molar-refractivity contribution in [2.24, 2.45) is 16.7 Å². The Morgan fingerprint density at radius 3 is 2.87 bits per heavy atom. The quantitative estimate of drug-likeness (QED) is 0.801.